The van der Waals surface area contributed by atoms with Gasteiger partial charge in [0.2, 0.25) is 0 Å². The lowest BCUT2D eigenvalue weighted by molar-refractivity contribution is 0.0896. The minimum absolute atomic E-state index is 0.320. The van der Waals surface area contributed by atoms with Gasteiger partial charge in [0.1, 0.15) is 6.10 Å². The van der Waals surface area contributed by atoms with Crippen LogP contribution in [0.25, 0.3) is 0 Å². The summed E-state index contributed by atoms with van der Waals surface area (Å²) in [7, 11) is 1.60. The van der Waals surface area contributed by atoms with Gasteiger partial charge in [-0.2, -0.15) is 0 Å². The van der Waals surface area contributed by atoms with Crippen molar-refractivity contribution in [3.05, 3.63) is 23.8 Å². The zero-order valence-electron chi connectivity index (χ0n) is 14.4. The van der Waals surface area contributed by atoms with E-state index in [2.05, 4.69) is 27.9 Å². The van der Waals surface area contributed by atoms with Crippen LogP contribution >= 0.6 is 22.6 Å². The fraction of sp³-hybridized carbons (Fsp3) is 0.588. The third kappa shape index (κ3) is 6.85. The van der Waals surface area contributed by atoms with Crippen LogP contribution < -0.4 is 14.8 Å². The molecule has 0 aromatic heterocycles. The third-order valence-corrected chi connectivity index (χ3v) is 3.58. The molecular formula is C17H26INO4. The van der Waals surface area contributed by atoms with Gasteiger partial charge in [-0.1, -0.05) is 28.7 Å². The number of carbonyl (C=O) groups is 1. The number of benzene rings is 1. The highest BCUT2D eigenvalue weighted by atomic mass is 127. The summed E-state index contributed by atoms with van der Waals surface area (Å²) < 4.78 is 17.4. The number of amides is 1. The third-order valence-electron chi connectivity index (χ3n) is 2.96. The summed E-state index contributed by atoms with van der Waals surface area (Å²) in [5.41, 5.74) is 0.567. The molecule has 0 aliphatic carbocycles. The SMILES string of the molecule is CCOc1cc(C(CCI)OC(=O)NC(C)(C)C)ccc1OC. The molecule has 0 saturated carbocycles. The van der Waals surface area contributed by atoms with Crippen LogP contribution in [-0.2, 0) is 4.74 Å². The van der Waals surface area contributed by atoms with E-state index in [0.717, 1.165) is 16.4 Å². The Kier molecular flexibility index (Phi) is 7.94. The summed E-state index contributed by atoms with van der Waals surface area (Å²) in [6, 6.07) is 5.62. The Morgan fingerprint density at radius 2 is 2.00 bits per heavy atom. The van der Waals surface area contributed by atoms with Crippen molar-refractivity contribution in [3.63, 3.8) is 0 Å². The molecule has 0 aliphatic heterocycles. The number of carbonyl (C=O) groups excluding carboxylic acids is 1. The van der Waals surface area contributed by atoms with Crippen LogP contribution in [0.1, 0.15) is 45.8 Å². The first-order valence-electron chi connectivity index (χ1n) is 7.66. The highest BCUT2D eigenvalue weighted by molar-refractivity contribution is 14.1. The van der Waals surface area contributed by atoms with Crippen molar-refractivity contribution in [2.24, 2.45) is 0 Å². The Hall–Kier alpha value is -1.18. The number of alkyl carbamates (subject to hydrolysis) is 1. The standard InChI is InChI=1S/C17H26INO4/c1-6-22-15-11-12(7-8-14(15)21-5)13(9-10-18)23-16(20)19-17(2,3)4/h7-8,11,13H,6,9-10H2,1-5H3,(H,19,20). The van der Waals surface area contributed by atoms with E-state index in [0.29, 0.717) is 18.1 Å². The normalized spacial score (nSPS) is 12.4. The summed E-state index contributed by atoms with van der Waals surface area (Å²) in [6.07, 6.45) is -0.00350. The number of alkyl halides is 1. The Labute approximate surface area is 152 Å². The number of hydrogen-bond acceptors (Lipinski definition) is 4. The fourth-order valence-corrected chi connectivity index (χ4v) is 2.59. The Bertz CT molecular complexity index is 514. The second-order valence-electron chi connectivity index (χ2n) is 6.09. The molecule has 0 fully saturated rings. The van der Waals surface area contributed by atoms with E-state index in [1.165, 1.54) is 0 Å². The Morgan fingerprint density at radius 1 is 1.30 bits per heavy atom. The van der Waals surface area contributed by atoms with Crippen LogP contribution in [0.2, 0.25) is 0 Å². The molecule has 6 heteroatoms. The molecule has 1 atom stereocenters. The van der Waals surface area contributed by atoms with Crippen molar-refractivity contribution in [2.75, 3.05) is 18.1 Å². The zero-order chi connectivity index (χ0) is 17.5. The van der Waals surface area contributed by atoms with E-state index in [-0.39, 0.29) is 11.6 Å². The van der Waals surface area contributed by atoms with Crippen LogP contribution in [0.3, 0.4) is 0 Å². The quantitative estimate of drug-likeness (QED) is 0.507. The maximum Gasteiger partial charge on any atom is 0.408 e. The van der Waals surface area contributed by atoms with Crippen molar-refractivity contribution in [1.82, 2.24) is 5.32 Å². The molecule has 0 saturated heterocycles. The van der Waals surface area contributed by atoms with Gasteiger partial charge in [-0.25, -0.2) is 4.79 Å². The molecule has 0 spiro atoms. The van der Waals surface area contributed by atoms with Gasteiger partial charge in [0.05, 0.1) is 13.7 Å². The van der Waals surface area contributed by atoms with Crippen LogP contribution in [0, 0.1) is 0 Å². The number of rotatable bonds is 7. The topological polar surface area (TPSA) is 56.8 Å². The molecule has 1 aromatic carbocycles. The molecular weight excluding hydrogens is 409 g/mol. The van der Waals surface area contributed by atoms with Crippen LogP contribution in [0.15, 0.2) is 18.2 Å². The second-order valence-corrected chi connectivity index (χ2v) is 7.17. The van der Waals surface area contributed by atoms with E-state index < -0.39 is 6.09 Å². The molecule has 130 valence electrons. The van der Waals surface area contributed by atoms with Gasteiger partial charge >= 0.3 is 6.09 Å². The maximum atomic E-state index is 12.1. The summed E-state index contributed by atoms with van der Waals surface area (Å²) in [5.74, 6) is 1.33. The summed E-state index contributed by atoms with van der Waals surface area (Å²) in [5, 5.41) is 2.82. The average Bonchev–Trinajstić information content (AvgIpc) is 2.45. The van der Waals surface area contributed by atoms with E-state index in [4.69, 9.17) is 14.2 Å². The predicted octanol–water partition coefficient (Wildman–Crippen LogP) is 4.48. The highest BCUT2D eigenvalue weighted by Gasteiger charge is 2.21. The second kappa shape index (κ2) is 9.20. The van der Waals surface area contributed by atoms with Gasteiger partial charge in [-0.15, -0.1) is 0 Å². The lowest BCUT2D eigenvalue weighted by Gasteiger charge is -2.24. The molecule has 1 N–H and O–H groups in total. The highest BCUT2D eigenvalue weighted by Crippen LogP contribution is 2.33. The van der Waals surface area contributed by atoms with E-state index >= 15 is 0 Å². The number of halogens is 1. The van der Waals surface area contributed by atoms with Crippen molar-refractivity contribution < 1.29 is 19.0 Å². The van der Waals surface area contributed by atoms with Crippen molar-refractivity contribution in [1.29, 1.82) is 0 Å². The van der Waals surface area contributed by atoms with E-state index in [1.807, 2.05) is 45.9 Å². The fourth-order valence-electron chi connectivity index (χ4n) is 2.02. The first-order valence-corrected chi connectivity index (χ1v) is 9.18. The minimum atomic E-state index is -0.416. The van der Waals surface area contributed by atoms with Gasteiger partial charge in [0.25, 0.3) is 0 Å². The van der Waals surface area contributed by atoms with Gasteiger partial charge < -0.3 is 19.5 Å². The molecule has 0 heterocycles. The van der Waals surface area contributed by atoms with Gasteiger partial charge in [-0.3, -0.25) is 0 Å². The van der Waals surface area contributed by atoms with Crippen LogP contribution in [-0.4, -0.2) is 29.8 Å². The largest absolute Gasteiger partial charge is 0.493 e. The van der Waals surface area contributed by atoms with E-state index in [9.17, 15) is 4.79 Å². The van der Waals surface area contributed by atoms with Crippen LogP contribution in [0.5, 0.6) is 11.5 Å². The first-order chi connectivity index (χ1) is 10.8. The number of ether oxygens (including phenoxy) is 3. The van der Waals surface area contributed by atoms with Crippen molar-refractivity contribution >= 4 is 28.7 Å². The zero-order valence-corrected chi connectivity index (χ0v) is 16.6. The molecule has 1 rings (SSSR count). The number of nitrogens with one attached hydrogen (secondary N) is 1. The van der Waals surface area contributed by atoms with Crippen molar-refractivity contribution in [3.8, 4) is 11.5 Å². The predicted molar refractivity (Wildman–Crippen MR) is 99.8 cm³/mol. The monoisotopic (exact) mass is 435 g/mol. The number of methoxy groups -OCH3 is 1. The molecule has 0 aliphatic rings. The number of hydrogen-bond donors (Lipinski definition) is 1. The molecule has 1 aromatic rings. The Balaban J connectivity index is 2.96. The van der Waals surface area contributed by atoms with Gasteiger partial charge in [0.15, 0.2) is 11.5 Å². The van der Waals surface area contributed by atoms with Crippen LogP contribution in [0.4, 0.5) is 4.79 Å². The summed E-state index contributed by atoms with van der Waals surface area (Å²) in [6.45, 7) is 8.22. The smallest absolute Gasteiger partial charge is 0.408 e. The summed E-state index contributed by atoms with van der Waals surface area (Å²) in [4.78, 5) is 12.1. The summed E-state index contributed by atoms with van der Waals surface area (Å²) >= 11 is 2.28. The molecule has 0 radical (unpaired) electrons. The molecule has 1 unspecified atom stereocenters. The van der Waals surface area contributed by atoms with Gasteiger partial charge in [0, 0.05) is 9.97 Å². The van der Waals surface area contributed by atoms with Crippen molar-refractivity contribution in [2.45, 2.75) is 45.8 Å². The van der Waals surface area contributed by atoms with E-state index in [1.54, 1.807) is 7.11 Å². The Morgan fingerprint density at radius 3 is 2.52 bits per heavy atom. The first kappa shape index (κ1) is 19.9. The average molecular weight is 435 g/mol. The molecule has 0 bridgehead atoms. The molecule has 23 heavy (non-hydrogen) atoms. The molecule has 5 nitrogen and oxygen atoms in total. The van der Waals surface area contributed by atoms with Gasteiger partial charge in [-0.05, 0) is 51.8 Å². The minimum Gasteiger partial charge on any atom is -0.493 e. The maximum absolute atomic E-state index is 12.1. The molecule has 1 amide bonds. The lowest BCUT2D eigenvalue weighted by atomic mass is 10.1. The lowest BCUT2D eigenvalue weighted by Crippen LogP contribution is -2.41.